The molecule has 5 rings (SSSR count). The van der Waals surface area contributed by atoms with Gasteiger partial charge < -0.3 is 21.1 Å². The molecule has 4 N–H and O–H groups in total. The van der Waals surface area contributed by atoms with Crippen molar-refractivity contribution in [2.45, 2.75) is 31.7 Å². The number of aromatic nitrogens is 3. The number of halogens is 1. The van der Waals surface area contributed by atoms with Gasteiger partial charge in [0.05, 0.1) is 17.9 Å². The SMILES string of the molecule is NC(=O)C1CCN(c2c(-c3ccc(-c4cnn(C5CCOCC5)c4)cc3)cnc(N)c2Cl)CC1. The number of carbonyl (C=O) groups is 1. The Hall–Kier alpha value is -3.10. The van der Waals surface area contributed by atoms with Gasteiger partial charge in [-0.3, -0.25) is 9.48 Å². The van der Waals surface area contributed by atoms with Gasteiger partial charge in [0.15, 0.2) is 0 Å². The van der Waals surface area contributed by atoms with Gasteiger partial charge in [-0.2, -0.15) is 5.10 Å². The number of nitrogens with two attached hydrogens (primary N) is 2. The van der Waals surface area contributed by atoms with Crippen LogP contribution in [-0.4, -0.2) is 47.0 Å². The van der Waals surface area contributed by atoms with Crippen molar-refractivity contribution in [3.05, 3.63) is 47.9 Å². The summed E-state index contributed by atoms with van der Waals surface area (Å²) in [6.45, 7) is 2.95. The molecule has 3 aromatic rings. The number of carbonyl (C=O) groups excluding carboxylic acids is 1. The Morgan fingerprint density at radius 1 is 1.00 bits per heavy atom. The Labute approximate surface area is 203 Å². The Morgan fingerprint density at radius 2 is 1.68 bits per heavy atom. The van der Waals surface area contributed by atoms with E-state index in [1.807, 2.05) is 6.20 Å². The molecular formula is C25H29ClN6O2. The molecule has 0 spiro atoms. The molecule has 1 amide bonds. The quantitative estimate of drug-likeness (QED) is 0.572. The number of anilines is 2. The first-order chi connectivity index (χ1) is 16.5. The van der Waals surface area contributed by atoms with Crippen molar-refractivity contribution in [3.63, 3.8) is 0 Å². The molecule has 0 aliphatic carbocycles. The van der Waals surface area contributed by atoms with Gasteiger partial charge in [-0.1, -0.05) is 35.9 Å². The fourth-order valence-electron chi connectivity index (χ4n) is 4.88. The van der Waals surface area contributed by atoms with Crippen LogP contribution in [0.25, 0.3) is 22.3 Å². The van der Waals surface area contributed by atoms with Crippen molar-refractivity contribution in [2.24, 2.45) is 11.7 Å². The van der Waals surface area contributed by atoms with E-state index < -0.39 is 0 Å². The summed E-state index contributed by atoms with van der Waals surface area (Å²) < 4.78 is 7.52. The molecule has 0 radical (unpaired) electrons. The number of pyridine rings is 1. The van der Waals surface area contributed by atoms with Crippen LogP contribution in [-0.2, 0) is 9.53 Å². The Morgan fingerprint density at radius 3 is 2.35 bits per heavy atom. The first-order valence-electron chi connectivity index (χ1n) is 11.7. The summed E-state index contributed by atoms with van der Waals surface area (Å²) in [5, 5.41) is 5.03. The smallest absolute Gasteiger partial charge is 0.220 e. The Bertz CT molecular complexity index is 1160. The maximum atomic E-state index is 11.6. The van der Waals surface area contributed by atoms with E-state index in [2.05, 4.69) is 50.1 Å². The van der Waals surface area contributed by atoms with Crippen LogP contribution >= 0.6 is 11.6 Å². The van der Waals surface area contributed by atoms with Gasteiger partial charge in [-0.15, -0.1) is 0 Å². The highest BCUT2D eigenvalue weighted by Crippen LogP contribution is 2.41. The van der Waals surface area contributed by atoms with Crippen molar-refractivity contribution in [1.82, 2.24) is 14.8 Å². The molecule has 2 aliphatic rings. The number of nitrogens with zero attached hydrogens (tertiary/aromatic N) is 4. The van der Waals surface area contributed by atoms with Gasteiger partial charge in [-0.05, 0) is 36.8 Å². The molecule has 2 saturated heterocycles. The second-order valence-corrected chi connectivity index (χ2v) is 9.39. The predicted octanol–water partition coefficient (Wildman–Crippen LogP) is 3.90. The van der Waals surface area contributed by atoms with Crippen LogP contribution in [0, 0.1) is 5.92 Å². The first-order valence-corrected chi connectivity index (χ1v) is 12.1. The van der Waals surface area contributed by atoms with E-state index in [4.69, 9.17) is 27.8 Å². The second-order valence-electron chi connectivity index (χ2n) is 9.01. The highest BCUT2D eigenvalue weighted by atomic mass is 35.5. The lowest BCUT2D eigenvalue weighted by Gasteiger charge is -2.34. The third kappa shape index (κ3) is 4.48. The minimum absolute atomic E-state index is 0.0982. The van der Waals surface area contributed by atoms with Crippen LogP contribution in [0.2, 0.25) is 5.02 Å². The molecule has 0 saturated carbocycles. The summed E-state index contributed by atoms with van der Waals surface area (Å²) in [6.07, 6.45) is 9.18. The van der Waals surface area contributed by atoms with E-state index in [0.717, 1.165) is 54.0 Å². The van der Waals surface area contributed by atoms with E-state index in [0.29, 0.717) is 42.8 Å². The van der Waals surface area contributed by atoms with Crippen molar-refractivity contribution >= 4 is 29.0 Å². The van der Waals surface area contributed by atoms with Crippen molar-refractivity contribution in [3.8, 4) is 22.3 Å². The lowest BCUT2D eigenvalue weighted by molar-refractivity contribution is -0.122. The maximum absolute atomic E-state index is 11.6. The third-order valence-electron chi connectivity index (χ3n) is 6.93. The summed E-state index contributed by atoms with van der Waals surface area (Å²) in [4.78, 5) is 18.1. The van der Waals surface area contributed by atoms with Crippen LogP contribution in [0.15, 0.2) is 42.9 Å². The van der Waals surface area contributed by atoms with Crippen LogP contribution in [0.1, 0.15) is 31.7 Å². The van der Waals surface area contributed by atoms with E-state index in [1.54, 1.807) is 6.20 Å². The largest absolute Gasteiger partial charge is 0.382 e. The van der Waals surface area contributed by atoms with Gasteiger partial charge in [0, 0.05) is 55.7 Å². The number of nitrogen functional groups attached to an aromatic ring is 1. The van der Waals surface area contributed by atoms with E-state index >= 15 is 0 Å². The molecule has 2 aromatic heterocycles. The van der Waals surface area contributed by atoms with Gasteiger partial charge in [-0.25, -0.2) is 4.98 Å². The molecule has 2 aliphatic heterocycles. The minimum atomic E-state index is -0.240. The van der Waals surface area contributed by atoms with Gasteiger partial charge >= 0.3 is 0 Å². The average molecular weight is 481 g/mol. The van der Waals surface area contributed by atoms with Gasteiger partial charge in [0.25, 0.3) is 0 Å². The van der Waals surface area contributed by atoms with Crippen LogP contribution < -0.4 is 16.4 Å². The lowest BCUT2D eigenvalue weighted by Crippen LogP contribution is -2.39. The average Bonchev–Trinajstić information content (AvgIpc) is 3.37. The standard InChI is InChI=1S/C25H29ClN6O2/c26-22-23(31-9-5-18(6-10-31)25(28)33)21(14-29-24(22)27)17-3-1-16(2-4-17)19-13-30-32(15-19)20-7-11-34-12-8-20/h1-4,13-15,18,20H,5-12H2,(H2,27,29)(H2,28,33). The first kappa shape index (κ1) is 22.7. The normalized spacial score (nSPS) is 17.7. The summed E-state index contributed by atoms with van der Waals surface area (Å²) in [6, 6.07) is 8.72. The molecule has 34 heavy (non-hydrogen) atoms. The molecule has 178 valence electrons. The second kappa shape index (κ2) is 9.64. The van der Waals surface area contributed by atoms with Crippen molar-refractivity contribution in [1.29, 1.82) is 0 Å². The molecular weight excluding hydrogens is 452 g/mol. The molecule has 2 fully saturated rings. The fraction of sp³-hybridized carbons (Fsp3) is 0.400. The predicted molar refractivity (Wildman–Crippen MR) is 134 cm³/mol. The van der Waals surface area contributed by atoms with Gasteiger partial charge in [0.1, 0.15) is 10.8 Å². The number of piperidine rings is 1. The Balaban J connectivity index is 1.40. The molecule has 1 aromatic carbocycles. The number of hydrogen-bond donors (Lipinski definition) is 2. The zero-order chi connectivity index (χ0) is 23.7. The zero-order valence-electron chi connectivity index (χ0n) is 19.0. The number of ether oxygens (including phenoxy) is 1. The molecule has 0 unspecified atom stereocenters. The molecule has 8 nitrogen and oxygen atoms in total. The molecule has 4 heterocycles. The van der Waals surface area contributed by atoms with Gasteiger partial charge in [0.2, 0.25) is 5.91 Å². The number of rotatable bonds is 5. The van der Waals surface area contributed by atoms with Crippen LogP contribution in [0.3, 0.4) is 0 Å². The van der Waals surface area contributed by atoms with Crippen LogP contribution in [0.4, 0.5) is 11.5 Å². The molecule has 9 heteroatoms. The fourth-order valence-corrected chi connectivity index (χ4v) is 5.15. The molecule has 0 bridgehead atoms. The van der Waals surface area contributed by atoms with Crippen molar-refractivity contribution < 1.29 is 9.53 Å². The third-order valence-corrected chi connectivity index (χ3v) is 7.30. The number of amides is 1. The number of benzene rings is 1. The lowest BCUT2D eigenvalue weighted by atomic mass is 9.94. The number of primary amides is 1. The van der Waals surface area contributed by atoms with Crippen LogP contribution in [0.5, 0.6) is 0 Å². The van der Waals surface area contributed by atoms with E-state index in [9.17, 15) is 4.79 Å². The monoisotopic (exact) mass is 480 g/mol. The molecule has 0 atom stereocenters. The van der Waals surface area contributed by atoms with E-state index in [1.165, 1.54) is 0 Å². The highest BCUT2D eigenvalue weighted by Gasteiger charge is 2.27. The summed E-state index contributed by atoms with van der Waals surface area (Å²) >= 11 is 6.64. The zero-order valence-corrected chi connectivity index (χ0v) is 19.7. The van der Waals surface area contributed by atoms with E-state index in [-0.39, 0.29) is 11.8 Å². The number of hydrogen-bond acceptors (Lipinski definition) is 6. The maximum Gasteiger partial charge on any atom is 0.220 e. The summed E-state index contributed by atoms with van der Waals surface area (Å²) in [5.74, 6) is -0.0375. The highest BCUT2D eigenvalue weighted by molar-refractivity contribution is 6.36. The minimum Gasteiger partial charge on any atom is -0.382 e. The topological polar surface area (TPSA) is 112 Å². The van der Waals surface area contributed by atoms with Crippen molar-refractivity contribution in [2.75, 3.05) is 36.9 Å². The summed E-state index contributed by atoms with van der Waals surface area (Å²) in [5.41, 5.74) is 16.5. The summed E-state index contributed by atoms with van der Waals surface area (Å²) in [7, 11) is 0. The Kier molecular flexibility index (Phi) is 6.43.